The Balaban J connectivity index is 1.68. The molecule has 0 radical (unpaired) electrons. The van der Waals surface area contributed by atoms with Gasteiger partial charge in [-0.15, -0.1) is 0 Å². The van der Waals surface area contributed by atoms with Crippen molar-refractivity contribution in [1.29, 1.82) is 0 Å². The lowest BCUT2D eigenvalue weighted by Crippen LogP contribution is -2.40. The van der Waals surface area contributed by atoms with E-state index in [9.17, 15) is 0 Å². The first-order valence-corrected chi connectivity index (χ1v) is 8.52. The third kappa shape index (κ3) is 3.33. The normalized spacial score (nSPS) is 23.5. The second kappa shape index (κ2) is 6.51. The summed E-state index contributed by atoms with van der Waals surface area (Å²) < 4.78 is 0. The van der Waals surface area contributed by atoms with Gasteiger partial charge in [0.15, 0.2) is 0 Å². The summed E-state index contributed by atoms with van der Waals surface area (Å²) in [5.74, 6) is 0. The van der Waals surface area contributed by atoms with Crippen LogP contribution in [0.2, 0.25) is 5.02 Å². The molecular formula is C16H22ClN3S. The molecule has 2 aliphatic rings. The Morgan fingerprint density at radius 2 is 1.95 bits per heavy atom. The summed E-state index contributed by atoms with van der Waals surface area (Å²) in [5.41, 5.74) is 7.61. The van der Waals surface area contributed by atoms with Crippen LogP contribution in [0.4, 0.5) is 5.69 Å². The van der Waals surface area contributed by atoms with E-state index in [1.807, 2.05) is 12.1 Å². The van der Waals surface area contributed by atoms with Crippen LogP contribution in [-0.2, 0) is 0 Å². The van der Waals surface area contributed by atoms with Crippen LogP contribution in [0.15, 0.2) is 18.2 Å². The predicted octanol–water partition coefficient (Wildman–Crippen LogP) is 3.04. The number of thiocarbonyl (C=S) groups is 1. The summed E-state index contributed by atoms with van der Waals surface area (Å²) in [7, 11) is 0. The van der Waals surface area contributed by atoms with Gasteiger partial charge in [-0.25, -0.2) is 0 Å². The van der Waals surface area contributed by atoms with Crippen molar-refractivity contribution in [2.45, 2.75) is 31.7 Å². The van der Waals surface area contributed by atoms with E-state index in [-0.39, 0.29) is 0 Å². The van der Waals surface area contributed by atoms with Crippen LogP contribution < -0.4 is 10.6 Å². The summed E-state index contributed by atoms with van der Waals surface area (Å²) in [6.07, 6.45) is 5.34. The summed E-state index contributed by atoms with van der Waals surface area (Å²) in [5, 5.41) is 0.654. The van der Waals surface area contributed by atoms with Gasteiger partial charge in [-0.3, -0.25) is 4.90 Å². The third-order valence-corrected chi connectivity index (χ3v) is 5.19. The smallest absolute Gasteiger partial charge is 0.105 e. The summed E-state index contributed by atoms with van der Waals surface area (Å²) in [6.45, 7) is 4.73. The molecule has 1 aromatic rings. The molecule has 0 saturated carbocycles. The molecule has 2 fully saturated rings. The number of nitrogens with zero attached hydrogens (tertiary/aromatic N) is 2. The van der Waals surface area contributed by atoms with E-state index in [4.69, 9.17) is 29.6 Å². The first-order chi connectivity index (χ1) is 10.1. The zero-order valence-electron chi connectivity index (χ0n) is 12.2. The maximum Gasteiger partial charge on any atom is 0.105 e. The second-order valence-electron chi connectivity index (χ2n) is 6.01. The zero-order valence-corrected chi connectivity index (χ0v) is 13.8. The molecule has 0 aliphatic carbocycles. The Morgan fingerprint density at radius 3 is 2.62 bits per heavy atom. The molecule has 2 N–H and O–H groups in total. The SMILES string of the molecule is NC(=S)c1ccc(N2CCC(N3CCCCC3)C2)cc1Cl. The Hall–Kier alpha value is -0.840. The number of halogens is 1. The molecule has 1 unspecified atom stereocenters. The fraction of sp³-hybridized carbons (Fsp3) is 0.562. The molecule has 0 bridgehead atoms. The first kappa shape index (κ1) is 15.1. The van der Waals surface area contributed by atoms with Crippen LogP contribution in [0, 0.1) is 0 Å². The zero-order chi connectivity index (χ0) is 14.8. The largest absolute Gasteiger partial charge is 0.389 e. The van der Waals surface area contributed by atoms with Gasteiger partial charge in [0.05, 0.1) is 5.02 Å². The van der Waals surface area contributed by atoms with Gasteiger partial charge in [-0.05, 0) is 50.6 Å². The highest BCUT2D eigenvalue weighted by Gasteiger charge is 2.28. The van der Waals surface area contributed by atoms with Gasteiger partial charge < -0.3 is 10.6 Å². The van der Waals surface area contributed by atoms with Gasteiger partial charge in [-0.2, -0.15) is 0 Å². The molecule has 5 heteroatoms. The minimum atomic E-state index is 0.360. The number of benzene rings is 1. The van der Waals surface area contributed by atoms with Crippen molar-refractivity contribution in [1.82, 2.24) is 4.90 Å². The van der Waals surface area contributed by atoms with Crippen LogP contribution in [-0.4, -0.2) is 42.1 Å². The Bertz CT molecular complexity index is 528. The van der Waals surface area contributed by atoms with Crippen LogP contribution in [0.3, 0.4) is 0 Å². The summed E-state index contributed by atoms with van der Waals surface area (Å²) in [6, 6.07) is 6.71. The standard InChI is InChI=1S/C16H22ClN3S/c17-15-10-12(4-5-14(15)16(18)21)20-9-6-13(11-20)19-7-2-1-3-8-19/h4-5,10,13H,1-3,6-9,11H2,(H2,18,21). The van der Waals surface area contributed by atoms with Crippen molar-refractivity contribution in [2.24, 2.45) is 5.73 Å². The molecule has 3 nitrogen and oxygen atoms in total. The maximum atomic E-state index is 6.28. The van der Waals surface area contributed by atoms with E-state index >= 15 is 0 Å². The minimum Gasteiger partial charge on any atom is -0.389 e. The highest BCUT2D eigenvalue weighted by molar-refractivity contribution is 7.80. The number of anilines is 1. The molecule has 0 spiro atoms. The van der Waals surface area contributed by atoms with E-state index in [2.05, 4.69) is 15.9 Å². The van der Waals surface area contributed by atoms with Gasteiger partial charge in [0.25, 0.3) is 0 Å². The van der Waals surface area contributed by atoms with Crippen LogP contribution in [0.1, 0.15) is 31.2 Å². The van der Waals surface area contributed by atoms with Crippen molar-refractivity contribution in [2.75, 3.05) is 31.1 Å². The molecule has 1 aromatic carbocycles. The van der Waals surface area contributed by atoms with E-state index in [0.717, 1.165) is 18.7 Å². The van der Waals surface area contributed by atoms with Gasteiger partial charge in [0.1, 0.15) is 4.99 Å². The molecule has 0 aromatic heterocycles. The number of nitrogens with two attached hydrogens (primary N) is 1. The third-order valence-electron chi connectivity index (χ3n) is 4.65. The predicted molar refractivity (Wildman–Crippen MR) is 93.4 cm³/mol. The molecule has 114 valence electrons. The second-order valence-corrected chi connectivity index (χ2v) is 6.86. The van der Waals surface area contributed by atoms with Crippen molar-refractivity contribution in [3.63, 3.8) is 0 Å². The van der Waals surface area contributed by atoms with Crippen LogP contribution >= 0.6 is 23.8 Å². The molecular weight excluding hydrogens is 302 g/mol. The highest BCUT2D eigenvalue weighted by Crippen LogP contribution is 2.28. The van der Waals surface area contributed by atoms with Gasteiger partial charge >= 0.3 is 0 Å². The lowest BCUT2D eigenvalue weighted by atomic mass is 10.1. The fourth-order valence-corrected chi connectivity index (χ4v) is 3.97. The molecule has 3 rings (SSSR count). The highest BCUT2D eigenvalue weighted by atomic mass is 35.5. The van der Waals surface area contributed by atoms with Crippen molar-refractivity contribution >= 4 is 34.5 Å². The topological polar surface area (TPSA) is 32.5 Å². The lowest BCUT2D eigenvalue weighted by Gasteiger charge is -2.32. The van der Waals surface area contributed by atoms with Crippen molar-refractivity contribution in [3.05, 3.63) is 28.8 Å². The molecule has 1 atom stereocenters. The fourth-order valence-electron chi connectivity index (χ4n) is 3.46. The van der Waals surface area contributed by atoms with Crippen molar-refractivity contribution in [3.8, 4) is 0 Å². The van der Waals surface area contributed by atoms with Gasteiger partial charge in [0.2, 0.25) is 0 Å². The van der Waals surface area contributed by atoms with Crippen molar-refractivity contribution < 1.29 is 0 Å². The number of hydrogen-bond acceptors (Lipinski definition) is 3. The van der Waals surface area contributed by atoms with E-state index in [1.165, 1.54) is 44.5 Å². The minimum absolute atomic E-state index is 0.360. The number of piperidine rings is 1. The van der Waals surface area contributed by atoms with E-state index < -0.39 is 0 Å². The molecule has 2 aliphatic heterocycles. The van der Waals surface area contributed by atoms with E-state index in [1.54, 1.807) is 0 Å². The lowest BCUT2D eigenvalue weighted by molar-refractivity contribution is 0.175. The molecule has 2 heterocycles. The summed E-state index contributed by atoms with van der Waals surface area (Å²) >= 11 is 11.3. The quantitative estimate of drug-likeness (QED) is 0.867. The van der Waals surface area contributed by atoms with E-state index in [0.29, 0.717) is 16.1 Å². The Labute approximate surface area is 137 Å². The Kier molecular flexibility index (Phi) is 4.67. The summed E-state index contributed by atoms with van der Waals surface area (Å²) in [4.78, 5) is 5.45. The molecule has 21 heavy (non-hydrogen) atoms. The number of likely N-dealkylation sites (tertiary alicyclic amines) is 1. The molecule has 0 amide bonds. The Morgan fingerprint density at radius 1 is 1.19 bits per heavy atom. The van der Waals surface area contributed by atoms with Gasteiger partial charge in [0, 0.05) is 30.4 Å². The average Bonchev–Trinajstić information content (AvgIpc) is 2.97. The van der Waals surface area contributed by atoms with Gasteiger partial charge in [-0.1, -0.05) is 30.2 Å². The monoisotopic (exact) mass is 323 g/mol. The van der Waals surface area contributed by atoms with Crippen LogP contribution in [0.25, 0.3) is 0 Å². The average molecular weight is 324 g/mol. The number of rotatable bonds is 3. The first-order valence-electron chi connectivity index (χ1n) is 7.73. The molecule has 2 saturated heterocycles. The van der Waals surface area contributed by atoms with Crippen LogP contribution in [0.5, 0.6) is 0 Å². The maximum absolute atomic E-state index is 6.28. The number of hydrogen-bond donors (Lipinski definition) is 1.